The summed E-state index contributed by atoms with van der Waals surface area (Å²) in [5.41, 5.74) is 1.95. The molecule has 0 unspecified atom stereocenters. The summed E-state index contributed by atoms with van der Waals surface area (Å²) in [4.78, 5) is 20.8. The average molecular weight is 558 g/mol. The molecule has 2 fully saturated rings. The van der Waals surface area contributed by atoms with E-state index >= 15 is 0 Å². The first-order valence-corrected chi connectivity index (χ1v) is 14.0. The van der Waals surface area contributed by atoms with Crippen LogP contribution in [0.15, 0.2) is 54.9 Å². The first kappa shape index (κ1) is 27.2. The number of nitrogens with one attached hydrogen (secondary N) is 1. The van der Waals surface area contributed by atoms with Crippen molar-refractivity contribution >= 4 is 29.1 Å². The lowest BCUT2D eigenvalue weighted by Gasteiger charge is -2.41. The van der Waals surface area contributed by atoms with E-state index in [9.17, 15) is 9.90 Å². The summed E-state index contributed by atoms with van der Waals surface area (Å²) in [7, 11) is 1.61. The van der Waals surface area contributed by atoms with Gasteiger partial charge >= 0.3 is 0 Å². The van der Waals surface area contributed by atoms with Gasteiger partial charge in [-0.05, 0) is 37.0 Å². The third-order valence-electron chi connectivity index (χ3n) is 7.81. The third-order valence-corrected chi connectivity index (χ3v) is 8.40. The number of ether oxygens (including phenoxy) is 1. The highest BCUT2D eigenvalue weighted by atomic mass is 35.5. The van der Waals surface area contributed by atoms with Crippen LogP contribution in [0.2, 0.25) is 10.0 Å². The molecule has 9 heteroatoms. The minimum absolute atomic E-state index is 0.0937. The van der Waals surface area contributed by atoms with Crippen LogP contribution in [-0.4, -0.2) is 70.5 Å². The molecule has 1 saturated heterocycles. The Morgan fingerprint density at radius 3 is 2.79 bits per heavy atom. The van der Waals surface area contributed by atoms with Crippen LogP contribution >= 0.6 is 23.2 Å². The molecule has 3 aromatic rings. The second kappa shape index (κ2) is 11.8. The number of piperazine rings is 1. The summed E-state index contributed by atoms with van der Waals surface area (Å²) in [5.74, 6) is -0.120. The van der Waals surface area contributed by atoms with Crippen molar-refractivity contribution in [1.29, 1.82) is 0 Å². The van der Waals surface area contributed by atoms with Crippen LogP contribution in [0.1, 0.15) is 47.8 Å². The number of hydrogen-bond acceptors (Lipinski definition) is 5. The molecular formula is C29H34Cl2N4O3. The van der Waals surface area contributed by atoms with Gasteiger partial charge in [0.05, 0.1) is 24.7 Å². The number of halogens is 2. The van der Waals surface area contributed by atoms with Gasteiger partial charge in [0.2, 0.25) is 0 Å². The van der Waals surface area contributed by atoms with Crippen LogP contribution in [0.3, 0.4) is 0 Å². The van der Waals surface area contributed by atoms with E-state index in [1.807, 2.05) is 51.9 Å². The third kappa shape index (κ3) is 5.49. The van der Waals surface area contributed by atoms with Gasteiger partial charge in [0, 0.05) is 48.4 Å². The highest BCUT2D eigenvalue weighted by molar-refractivity contribution is 6.35. The largest absolute Gasteiger partial charge is 0.385 e. The van der Waals surface area contributed by atoms with E-state index in [1.54, 1.807) is 19.5 Å². The Bertz CT molecular complexity index is 1260. The van der Waals surface area contributed by atoms with E-state index in [-0.39, 0.29) is 24.6 Å². The Labute approximate surface area is 233 Å². The smallest absolute Gasteiger partial charge is 0.275 e. The fraction of sp³-hybridized carbons (Fsp3) is 0.448. The van der Waals surface area contributed by atoms with Gasteiger partial charge in [0.15, 0.2) is 5.69 Å². The molecule has 7 nitrogen and oxygen atoms in total. The Hall–Kier alpha value is -2.42. The quantitative estimate of drug-likeness (QED) is 0.427. The van der Waals surface area contributed by atoms with E-state index in [1.165, 1.54) is 0 Å². The van der Waals surface area contributed by atoms with Gasteiger partial charge < -0.3 is 24.6 Å². The second-order valence-electron chi connectivity index (χ2n) is 10.3. The second-order valence-corrected chi connectivity index (χ2v) is 11.2. The number of aromatic nitrogens is 2. The predicted molar refractivity (Wildman–Crippen MR) is 150 cm³/mol. The number of amides is 1. The molecule has 202 valence electrons. The van der Waals surface area contributed by atoms with Crippen molar-refractivity contribution in [2.45, 2.75) is 49.8 Å². The van der Waals surface area contributed by atoms with Gasteiger partial charge in [-0.25, -0.2) is 4.98 Å². The SMILES string of the molecule is COC[C@]1(O)CCCC[C@H]1n1cnc(C(=O)N2CCNC[C@H]2Cc2ccc(Cl)cc2Cl)c1-c1ccccc1. The highest BCUT2D eigenvalue weighted by Crippen LogP contribution is 2.41. The molecule has 1 aliphatic heterocycles. The highest BCUT2D eigenvalue weighted by Gasteiger charge is 2.42. The Balaban J connectivity index is 1.52. The first-order valence-electron chi connectivity index (χ1n) is 13.2. The zero-order valence-corrected chi connectivity index (χ0v) is 23.1. The summed E-state index contributed by atoms with van der Waals surface area (Å²) in [6.07, 6.45) is 5.69. The van der Waals surface area contributed by atoms with Crippen molar-refractivity contribution in [3.63, 3.8) is 0 Å². The van der Waals surface area contributed by atoms with E-state index < -0.39 is 5.60 Å². The molecule has 0 bridgehead atoms. The van der Waals surface area contributed by atoms with Crippen molar-refractivity contribution in [1.82, 2.24) is 19.8 Å². The minimum atomic E-state index is -1.03. The first-order chi connectivity index (χ1) is 18.4. The van der Waals surface area contributed by atoms with Gasteiger partial charge in [-0.1, -0.05) is 72.4 Å². The maximum atomic E-state index is 14.2. The Kier molecular flexibility index (Phi) is 8.41. The normalized spacial score (nSPS) is 23.9. The minimum Gasteiger partial charge on any atom is -0.385 e. The zero-order chi connectivity index (χ0) is 26.7. The lowest BCUT2D eigenvalue weighted by Crippen LogP contribution is -2.54. The summed E-state index contributed by atoms with van der Waals surface area (Å²) < 4.78 is 7.44. The number of methoxy groups -OCH3 is 1. The lowest BCUT2D eigenvalue weighted by molar-refractivity contribution is -0.0893. The van der Waals surface area contributed by atoms with Crippen molar-refractivity contribution in [3.8, 4) is 11.3 Å². The number of carbonyl (C=O) groups is 1. The Morgan fingerprint density at radius 2 is 2.03 bits per heavy atom. The van der Waals surface area contributed by atoms with E-state index in [0.717, 1.165) is 36.1 Å². The summed E-state index contributed by atoms with van der Waals surface area (Å²) >= 11 is 12.6. The maximum Gasteiger partial charge on any atom is 0.275 e. The van der Waals surface area contributed by atoms with Crippen molar-refractivity contribution < 1.29 is 14.6 Å². The molecule has 3 atom stereocenters. The topological polar surface area (TPSA) is 79.6 Å². The van der Waals surface area contributed by atoms with E-state index in [0.29, 0.717) is 48.2 Å². The van der Waals surface area contributed by atoms with Crippen molar-refractivity contribution in [2.75, 3.05) is 33.4 Å². The number of hydrogen-bond donors (Lipinski definition) is 2. The van der Waals surface area contributed by atoms with Crippen LogP contribution in [-0.2, 0) is 11.2 Å². The van der Waals surface area contributed by atoms with Crippen molar-refractivity contribution in [3.05, 3.63) is 76.2 Å². The molecule has 0 radical (unpaired) electrons. The molecule has 1 amide bonds. The Morgan fingerprint density at radius 1 is 1.21 bits per heavy atom. The van der Waals surface area contributed by atoms with Gasteiger partial charge in [0.1, 0.15) is 5.60 Å². The molecule has 2 aliphatic rings. The van der Waals surface area contributed by atoms with Crippen LogP contribution in [0.5, 0.6) is 0 Å². The summed E-state index contributed by atoms with van der Waals surface area (Å²) in [5, 5.41) is 16.2. The molecule has 2 aromatic carbocycles. The molecule has 2 heterocycles. The molecule has 1 saturated carbocycles. The maximum absolute atomic E-state index is 14.2. The molecule has 0 spiro atoms. The number of carbonyl (C=O) groups excluding carboxylic acids is 1. The van der Waals surface area contributed by atoms with Crippen LogP contribution in [0.25, 0.3) is 11.3 Å². The monoisotopic (exact) mass is 556 g/mol. The molecule has 38 heavy (non-hydrogen) atoms. The predicted octanol–water partition coefficient (Wildman–Crippen LogP) is 5.01. The van der Waals surface area contributed by atoms with Gasteiger partial charge in [-0.2, -0.15) is 0 Å². The lowest BCUT2D eigenvalue weighted by atomic mass is 9.80. The number of imidazole rings is 1. The fourth-order valence-corrected chi connectivity index (χ4v) is 6.43. The van der Waals surface area contributed by atoms with E-state index in [2.05, 4.69) is 5.32 Å². The summed E-state index contributed by atoms with van der Waals surface area (Å²) in [6.45, 7) is 2.15. The van der Waals surface area contributed by atoms with Crippen molar-refractivity contribution in [2.24, 2.45) is 0 Å². The standard InChI is InChI=1S/C29H34Cl2N4O3/c1-38-18-29(37)12-6-5-9-25(29)35-19-33-26(27(35)20-7-3-2-4-8-20)28(36)34-14-13-32-17-23(34)15-21-10-11-22(30)16-24(21)31/h2-4,7-8,10-11,16,19,23,25,32,37H,5-6,9,12-15,17-18H2,1H3/t23-,25-,29-/m1/s1. The fourth-order valence-electron chi connectivity index (χ4n) is 5.94. The van der Waals surface area contributed by atoms with Gasteiger partial charge in [0.25, 0.3) is 5.91 Å². The molecular weight excluding hydrogens is 523 g/mol. The zero-order valence-electron chi connectivity index (χ0n) is 21.6. The van der Waals surface area contributed by atoms with Gasteiger partial charge in [-0.3, -0.25) is 4.79 Å². The summed E-state index contributed by atoms with van der Waals surface area (Å²) in [6, 6.07) is 15.0. The molecule has 2 N–H and O–H groups in total. The van der Waals surface area contributed by atoms with Crippen LogP contribution in [0, 0.1) is 0 Å². The van der Waals surface area contributed by atoms with Crippen LogP contribution < -0.4 is 5.32 Å². The number of rotatable bonds is 7. The molecule has 1 aliphatic carbocycles. The van der Waals surface area contributed by atoms with E-state index in [4.69, 9.17) is 32.9 Å². The van der Waals surface area contributed by atoms with Crippen LogP contribution in [0.4, 0.5) is 0 Å². The van der Waals surface area contributed by atoms with Gasteiger partial charge in [-0.15, -0.1) is 0 Å². The molecule has 5 rings (SSSR count). The average Bonchev–Trinajstić information content (AvgIpc) is 3.36. The number of aliphatic hydroxyl groups is 1. The molecule has 1 aromatic heterocycles. The number of nitrogens with zero attached hydrogens (tertiary/aromatic N) is 3. The number of benzene rings is 2.